The summed E-state index contributed by atoms with van der Waals surface area (Å²) in [6.07, 6.45) is 4.30. The number of imide groups is 1. The summed E-state index contributed by atoms with van der Waals surface area (Å²) in [6, 6.07) is 7.60. The van der Waals surface area contributed by atoms with E-state index in [1.165, 1.54) is 11.8 Å². The van der Waals surface area contributed by atoms with E-state index in [4.69, 9.17) is 4.74 Å². The van der Waals surface area contributed by atoms with Crippen molar-refractivity contribution in [3.8, 4) is 0 Å². The Morgan fingerprint density at radius 2 is 1.48 bits per heavy atom. The van der Waals surface area contributed by atoms with Crippen LogP contribution in [-0.4, -0.2) is 40.6 Å². The second-order valence-electron chi connectivity index (χ2n) is 9.70. The number of Topliss-reactive ketones (excluding diaryl/α,β-unsaturated/α-hetero) is 1. The van der Waals surface area contributed by atoms with Crippen molar-refractivity contribution in [2.45, 2.75) is 39.3 Å². The first-order valence-corrected chi connectivity index (χ1v) is 11.2. The van der Waals surface area contributed by atoms with Crippen LogP contribution in [0, 0.1) is 41.4 Å². The van der Waals surface area contributed by atoms with Gasteiger partial charge in [0.15, 0.2) is 6.10 Å². The van der Waals surface area contributed by atoms with E-state index >= 15 is 0 Å². The van der Waals surface area contributed by atoms with Gasteiger partial charge in [0.2, 0.25) is 17.6 Å². The van der Waals surface area contributed by atoms with Gasteiger partial charge in [0.1, 0.15) is 6.04 Å². The number of carbonyl (C=O) groups is 4. The predicted molar refractivity (Wildman–Crippen MR) is 112 cm³/mol. The van der Waals surface area contributed by atoms with Crippen LogP contribution in [0.25, 0.3) is 0 Å². The molecule has 1 aromatic rings. The molecule has 162 valence electrons. The van der Waals surface area contributed by atoms with Gasteiger partial charge in [-0.05, 0) is 42.9 Å². The first-order chi connectivity index (χ1) is 14.8. The predicted octanol–water partition coefficient (Wildman–Crippen LogP) is 2.88. The minimum absolute atomic E-state index is 0.101. The fourth-order valence-electron chi connectivity index (χ4n) is 6.06. The second-order valence-corrected chi connectivity index (χ2v) is 9.70. The highest BCUT2D eigenvalue weighted by Gasteiger charge is 2.68. The third-order valence-electron chi connectivity index (χ3n) is 7.57. The minimum atomic E-state index is -1.02. The van der Waals surface area contributed by atoms with E-state index in [1.54, 1.807) is 44.2 Å². The van der Waals surface area contributed by atoms with Crippen LogP contribution in [0.15, 0.2) is 42.5 Å². The maximum Gasteiger partial charge on any atom is 0.330 e. The highest BCUT2D eigenvalue weighted by atomic mass is 16.5. The summed E-state index contributed by atoms with van der Waals surface area (Å²) in [4.78, 5) is 53.7. The molecule has 2 amide bonds. The molecule has 1 heterocycles. The maximum absolute atomic E-state index is 13.4. The van der Waals surface area contributed by atoms with Gasteiger partial charge in [-0.15, -0.1) is 0 Å². The number of carbonyl (C=O) groups excluding carboxylic acids is 4. The molecule has 5 aliphatic rings. The molecule has 31 heavy (non-hydrogen) atoms. The van der Waals surface area contributed by atoms with Gasteiger partial charge in [0.05, 0.1) is 11.8 Å². The monoisotopic (exact) mass is 421 g/mol. The fourth-order valence-corrected chi connectivity index (χ4v) is 6.06. The second kappa shape index (κ2) is 7.14. The van der Waals surface area contributed by atoms with Crippen molar-refractivity contribution in [3.63, 3.8) is 0 Å². The van der Waals surface area contributed by atoms with Gasteiger partial charge >= 0.3 is 5.97 Å². The smallest absolute Gasteiger partial charge is 0.330 e. The van der Waals surface area contributed by atoms with Gasteiger partial charge in [-0.3, -0.25) is 19.3 Å². The van der Waals surface area contributed by atoms with E-state index in [0.29, 0.717) is 17.4 Å². The Morgan fingerprint density at radius 1 is 0.935 bits per heavy atom. The Balaban J connectivity index is 1.36. The average Bonchev–Trinajstić information content (AvgIpc) is 3.54. The number of likely N-dealkylation sites (tertiary alicyclic amines) is 1. The lowest BCUT2D eigenvalue weighted by Gasteiger charge is -2.37. The number of nitrogens with zero attached hydrogens (tertiary/aromatic N) is 1. The molecule has 2 saturated carbocycles. The summed E-state index contributed by atoms with van der Waals surface area (Å²) < 4.78 is 5.50. The molecular formula is C25H27NO5. The minimum Gasteiger partial charge on any atom is -0.453 e. The quantitative estimate of drug-likeness (QED) is 0.305. The number of amides is 2. The van der Waals surface area contributed by atoms with Crippen molar-refractivity contribution < 1.29 is 23.9 Å². The molecule has 2 bridgehead atoms. The number of ether oxygens (including phenoxy) is 1. The first-order valence-electron chi connectivity index (χ1n) is 11.2. The molecule has 1 aromatic carbocycles. The topological polar surface area (TPSA) is 80.8 Å². The normalized spacial score (nSPS) is 34.4. The van der Waals surface area contributed by atoms with Crippen LogP contribution in [-0.2, 0) is 19.1 Å². The molecule has 0 unspecified atom stereocenters. The van der Waals surface area contributed by atoms with E-state index in [0.717, 1.165) is 6.42 Å². The number of esters is 1. The summed E-state index contributed by atoms with van der Waals surface area (Å²) >= 11 is 0. The van der Waals surface area contributed by atoms with Gasteiger partial charge in [-0.25, -0.2) is 4.79 Å². The molecule has 0 radical (unpaired) electrons. The Morgan fingerprint density at radius 3 is 2.00 bits per heavy atom. The lowest BCUT2D eigenvalue weighted by molar-refractivity contribution is -0.162. The first kappa shape index (κ1) is 20.2. The Labute approximate surface area is 181 Å². The van der Waals surface area contributed by atoms with Gasteiger partial charge in [0.25, 0.3) is 0 Å². The van der Waals surface area contributed by atoms with Crippen LogP contribution in [0.5, 0.6) is 0 Å². The Bertz CT molecular complexity index is 947. The summed E-state index contributed by atoms with van der Waals surface area (Å²) in [6.45, 7) is 5.11. The number of allylic oxidation sites excluding steroid dienone is 2. The van der Waals surface area contributed by atoms with Crippen molar-refractivity contribution in [1.29, 1.82) is 0 Å². The molecule has 0 N–H and O–H groups in total. The van der Waals surface area contributed by atoms with Crippen LogP contribution < -0.4 is 0 Å². The van der Waals surface area contributed by atoms with E-state index in [9.17, 15) is 19.2 Å². The molecule has 1 aliphatic heterocycles. The molecule has 1 saturated heterocycles. The van der Waals surface area contributed by atoms with Crippen LogP contribution in [0.1, 0.15) is 37.6 Å². The van der Waals surface area contributed by atoms with Crippen molar-refractivity contribution in [2.75, 3.05) is 0 Å². The zero-order chi connectivity index (χ0) is 22.0. The third kappa shape index (κ3) is 2.99. The van der Waals surface area contributed by atoms with Gasteiger partial charge in [0, 0.05) is 5.56 Å². The van der Waals surface area contributed by atoms with E-state index in [2.05, 4.69) is 12.2 Å². The molecule has 6 nitrogen and oxygen atoms in total. The summed E-state index contributed by atoms with van der Waals surface area (Å²) in [7, 11) is 0. The van der Waals surface area contributed by atoms with Crippen LogP contribution >= 0.6 is 0 Å². The number of benzene rings is 1. The fraction of sp³-hybridized carbons (Fsp3) is 0.520. The number of hydrogen-bond acceptors (Lipinski definition) is 5. The van der Waals surface area contributed by atoms with Crippen molar-refractivity contribution in [1.82, 2.24) is 4.90 Å². The third-order valence-corrected chi connectivity index (χ3v) is 7.57. The van der Waals surface area contributed by atoms with E-state index < -0.39 is 18.1 Å². The number of ketones is 1. The zero-order valence-electron chi connectivity index (χ0n) is 17.9. The van der Waals surface area contributed by atoms with Crippen molar-refractivity contribution in [2.24, 2.45) is 41.4 Å². The summed E-state index contributed by atoms with van der Waals surface area (Å²) in [5, 5.41) is 0. The molecule has 0 aromatic heterocycles. The zero-order valence-corrected chi connectivity index (χ0v) is 17.9. The SMILES string of the molecule is CC(C)[C@@H](C(=O)O[C@@H](C)C(=O)c1ccccc1)N1C(=O)[C@@H]2[C@H]3C=C[C@@H]([C@@H]4C[C@@H]34)[C@@H]2C1=O. The maximum atomic E-state index is 13.4. The standard InChI is InChI=1S/C25H27NO5/c1-12(2)21(25(30)31-13(3)22(27)14-7-5-4-6-8-14)26-23(28)19-15-9-10-16(18-11-17(15)18)20(19)24(26)29/h4-10,12-13,15-21H,11H2,1-3H3/t13-,15-,16-,17-,18-,19-,20+,21-/m0/s1. The van der Waals surface area contributed by atoms with Gasteiger partial charge in [-0.1, -0.05) is 56.3 Å². The highest BCUT2D eigenvalue weighted by Crippen LogP contribution is 2.65. The van der Waals surface area contributed by atoms with Gasteiger partial charge < -0.3 is 4.74 Å². The van der Waals surface area contributed by atoms with E-state index in [1.807, 2.05) is 0 Å². The number of rotatable bonds is 6. The van der Waals surface area contributed by atoms with Gasteiger partial charge in [-0.2, -0.15) is 0 Å². The largest absolute Gasteiger partial charge is 0.453 e. The lowest BCUT2D eigenvalue weighted by Crippen LogP contribution is -2.50. The summed E-state index contributed by atoms with van der Waals surface area (Å²) in [5.74, 6) is -1.35. The van der Waals surface area contributed by atoms with Crippen molar-refractivity contribution >= 4 is 23.6 Å². The van der Waals surface area contributed by atoms with E-state index in [-0.39, 0.29) is 47.2 Å². The van der Waals surface area contributed by atoms with Crippen LogP contribution in [0.4, 0.5) is 0 Å². The molecule has 8 atom stereocenters. The van der Waals surface area contributed by atoms with Crippen molar-refractivity contribution in [3.05, 3.63) is 48.0 Å². The molecule has 0 spiro atoms. The molecule has 6 heteroatoms. The molecular weight excluding hydrogens is 394 g/mol. The highest BCUT2D eigenvalue weighted by molar-refractivity contribution is 6.09. The molecule has 6 rings (SSSR count). The summed E-state index contributed by atoms with van der Waals surface area (Å²) in [5.41, 5.74) is 0.449. The average molecular weight is 421 g/mol. The Kier molecular flexibility index (Phi) is 4.65. The molecule has 4 aliphatic carbocycles. The number of hydrogen-bond donors (Lipinski definition) is 0. The lowest BCUT2D eigenvalue weighted by atomic mass is 9.63. The van der Waals surface area contributed by atoms with Crippen LogP contribution in [0.2, 0.25) is 0 Å². The Hall–Kier alpha value is -2.76. The van der Waals surface area contributed by atoms with Crippen LogP contribution in [0.3, 0.4) is 0 Å². The molecule has 3 fully saturated rings.